The zero-order valence-corrected chi connectivity index (χ0v) is 15.1. The number of hydrogen-bond acceptors (Lipinski definition) is 6. The Kier molecular flexibility index (Phi) is 5.52. The largest absolute Gasteiger partial charge is 0.501 e. The van der Waals surface area contributed by atoms with Crippen molar-refractivity contribution in [3.63, 3.8) is 0 Å². The second kappa shape index (κ2) is 7.85. The van der Waals surface area contributed by atoms with Crippen molar-refractivity contribution in [2.24, 2.45) is 0 Å². The topological polar surface area (TPSA) is 105 Å². The fourth-order valence-electron chi connectivity index (χ4n) is 2.93. The molecular formula is C18H21FN4O4. The van der Waals surface area contributed by atoms with Gasteiger partial charge in [-0.3, -0.25) is 14.2 Å². The number of carbonyl (C=O) groups is 1. The van der Waals surface area contributed by atoms with Gasteiger partial charge in [0.15, 0.2) is 5.69 Å². The molecular weight excluding hydrogens is 355 g/mol. The Labute approximate surface area is 155 Å². The molecule has 8 nitrogen and oxygen atoms in total. The van der Waals surface area contributed by atoms with Crippen molar-refractivity contribution in [1.29, 1.82) is 0 Å². The number of fused-ring (bicyclic) bond motifs is 1. The van der Waals surface area contributed by atoms with Gasteiger partial charge < -0.3 is 20.5 Å². The van der Waals surface area contributed by atoms with Crippen LogP contribution in [-0.4, -0.2) is 40.8 Å². The number of nitrogens with one attached hydrogen (secondary N) is 2. The maximum Gasteiger partial charge on any atom is 0.296 e. The minimum absolute atomic E-state index is 0.109. The summed E-state index contributed by atoms with van der Waals surface area (Å²) in [5.41, 5.74) is 0.123. The lowest BCUT2D eigenvalue weighted by atomic mass is 10.1. The molecule has 9 heteroatoms. The molecule has 3 N–H and O–H groups in total. The van der Waals surface area contributed by atoms with Crippen LogP contribution in [0.3, 0.4) is 0 Å². The first-order chi connectivity index (χ1) is 12.9. The molecule has 1 aromatic carbocycles. The van der Waals surface area contributed by atoms with E-state index in [4.69, 9.17) is 4.74 Å². The van der Waals surface area contributed by atoms with Crippen molar-refractivity contribution >= 4 is 5.91 Å². The number of halogens is 1. The fraction of sp³-hybridized carbons (Fsp3) is 0.389. The fourth-order valence-corrected chi connectivity index (χ4v) is 2.93. The Morgan fingerprint density at radius 2 is 2.26 bits per heavy atom. The van der Waals surface area contributed by atoms with Gasteiger partial charge in [0.25, 0.3) is 11.5 Å². The van der Waals surface area contributed by atoms with Crippen LogP contribution in [0.4, 0.5) is 4.39 Å². The monoisotopic (exact) mass is 376 g/mol. The molecule has 0 spiro atoms. The van der Waals surface area contributed by atoms with Crippen molar-refractivity contribution in [1.82, 2.24) is 20.2 Å². The normalized spacial score (nSPS) is 16.5. The van der Waals surface area contributed by atoms with Crippen molar-refractivity contribution < 1.29 is 19.0 Å². The number of amides is 1. The molecule has 1 aliphatic heterocycles. The van der Waals surface area contributed by atoms with Gasteiger partial charge in [-0.1, -0.05) is 12.1 Å². The van der Waals surface area contributed by atoms with E-state index in [9.17, 15) is 19.1 Å². The van der Waals surface area contributed by atoms with Crippen LogP contribution in [0.1, 0.15) is 33.5 Å². The quantitative estimate of drug-likeness (QED) is 0.722. The summed E-state index contributed by atoms with van der Waals surface area (Å²) in [4.78, 5) is 29.2. The minimum atomic E-state index is -0.705. The third-order valence-electron chi connectivity index (χ3n) is 4.47. The maximum atomic E-state index is 13.3. The van der Waals surface area contributed by atoms with Gasteiger partial charge >= 0.3 is 0 Å². The van der Waals surface area contributed by atoms with E-state index in [1.165, 1.54) is 10.6 Å². The summed E-state index contributed by atoms with van der Waals surface area (Å²) in [6, 6.07) is 4.10. The van der Waals surface area contributed by atoms with Crippen molar-refractivity contribution in [2.75, 3.05) is 20.3 Å². The molecule has 0 fully saturated rings. The number of ether oxygens (including phenoxy) is 1. The van der Waals surface area contributed by atoms with Crippen LogP contribution in [0.2, 0.25) is 0 Å². The van der Waals surface area contributed by atoms with E-state index in [1.807, 2.05) is 0 Å². The molecule has 1 amide bonds. The van der Waals surface area contributed by atoms with Crippen LogP contribution < -0.4 is 16.2 Å². The van der Waals surface area contributed by atoms with Crippen LogP contribution in [0.5, 0.6) is 5.75 Å². The first kappa shape index (κ1) is 19.0. The summed E-state index contributed by atoms with van der Waals surface area (Å²) in [7, 11) is 1.69. The molecule has 1 atom stereocenters. The highest BCUT2D eigenvalue weighted by atomic mass is 19.1. The number of aryl methyl sites for hydroxylation is 1. The van der Waals surface area contributed by atoms with Crippen molar-refractivity contribution in [3.8, 4) is 5.75 Å². The van der Waals surface area contributed by atoms with Gasteiger partial charge in [-0.2, -0.15) is 0 Å². The molecule has 1 aromatic heterocycles. The smallest absolute Gasteiger partial charge is 0.296 e. The van der Waals surface area contributed by atoms with Gasteiger partial charge in [0, 0.05) is 6.54 Å². The van der Waals surface area contributed by atoms with E-state index in [2.05, 4.69) is 15.6 Å². The number of likely N-dealkylation sites (N-methyl/N-ethyl adjacent to an activating group) is 1. The number of nitrogens with zero attached hydrogens (tertiary/aromatic N) is 2. The molecule has 0 saturated carbocycles. The lowest BCUT2D eigenvalue weighted by Crippen LogP contribution is -2.34. The molecule has 0 bridgehead atoms. The Balaban J connectivity index is 1.88. The predicted molar refractivity (Wildman–Crippen MR) is 95.1 cm³/mol. The average Bonchev–Trinajstić information content (AvgIpc) is 2.87. The van der Waals surface area contributed by atoms with Gasteiger partial charge in [-0.25, -0.2) is 9.37 Å². The van der Waals surface area contributed by atoms with E-state index in [1.54, 1.807) is 26.1 Å². The molecule has 2 aromatic rings. The molecule has 0 radical (unpaired) electrons. The zero-order chi connectivity index (χ0) is 19.6. The van der Waals surface area contributed by atoms with Crippen LogP contribution in [-0.2, 0) is 17.8 Å². The summed E-state index contributed by atoms with van der Waals surface area (Å²) < 4.78 is 20.1. The molecule has 0 saturated heterocycles. The lowest BCUT2D eigenvalue weighted by molar-refractivity contribution is 0.0941. The van der Waals surface area contributed by atoms with E-state index >= 15 is 0 Å². The summed E-state index contributed by atoms with van der Waals surface area (Å²) >= 11 is 0. The van der Waals surface area contributed by atoms with Gasteiger partial charge in [-0.05, 0) is 31.2 Å². The summed E-state index contributed by atoms with van der Waals surface area (Å²) in [6.45, 7) is 2.58. The number of aromatic nitrogens is 2. The van der Waals surface area contributed by atoms with Crippen LogP contribution in [0, 0.1) is 12.7 Å². The molecule has 0 unspecified atom stereocenters. The highest BCUT2D eigenvalue weighted by Crippen LogP contribution is 2.18. The molecule has 3 rings (SSSR count). The Morgan fingerprint density at radius 3 is 2.96 bits per heavy atom. The Morgan fingerprint density at radius 1 is 1.48 bits per heavy atom. The zero-order valence-electron chi connectivity index (χ0n) is 15.1. The van der Waals surface area contributed by atoms with E-state index in [-0.39, 0.29) is 30.6 Å². The van der Waals surface area contributed by atoms with Crippen LogP contribution in [0.15, 0.2) is 23.0 Å². The highest BCUT2D eigenvalue weighted by molar-refractivity contribution is 5.94. The molecule has 144 valence electrons. The highest BCUT2D eigenvalue weighted by Gasteiger charge is 2.26. The second-order valence-corrected chi connectivity index (χ2v) is 6.31. The molecule has 2 heterocycles. The van der Waals surface area contributed by atoms with Crippen LogP contribution in [0.25, 0.3) is 0 Å². The van der Waals surface area contributed by atoms with Crippen LogP contribution >= 0.6 is 0 Å². The number of carbonyl (C=O) groups excluding carboxylic acids is 1. The predicted octanol–water partition coefficient (Wildman–Crippen LogP) is 0.617. The van der Waals surface area contributed by atoms with E-state index in [0.717, 1.165) is 0 Å². The first-order valence-corrected chi connectivity index (χ1v) is 8.54. The number of aromatic hydroxyl groups is 1. The van der Waals surface area contributed by atoms with E-state index in [0.29, 0.717) is 30.2 Å². The third-order valence-corrected chi connectivity index (χ3v) is 4.47. The number of hydrogen-bond donors (Lipinski definition) is 3. The van der Waals surface area contributed by atoms with Gasteiger partial charge in [0.05, 0.1) is 25.8 Å². The van der Waals surface area contributed by atoms with Crippen molar-refractivity contribution in [3.05, 3.63) is 57.0 Å². The molecule has 27 heavy (non-hydrogen) atoms. The Hall–Kier alpha value is -2.78. The SMILES string of the molecule is CN[C@@H]1COCCn2c1nc(C(=O)NCc1ccc(F)c(C)c1)c(O)c2=O. The third kappa shape index (κ3) is 3.83. The summed E-state index contributed by atoms with van der Waals surface area (Å²) in [5, 5.41) is 15.8. The molecule has 1 aliphatic rings. The Bertz CT molecular complexity index is 928. The minimum Gasteiger partial charge on any atom is -0.501 e. The standard InChI is InChI=1S/C18H21FN4O4/c1-10-7-11(3-4-12(10)19)8-21-17(25)14-15(24)18(26)23-5-6-27-9-13(20-2)16(23)22-14/h3-4,7,13,20,24H,5-6,8-9H2,1-2H3,(H,21,25)/t13-/m1/s1. The second-order valence-electron chi connectivity index (χ2n) is 6.31. The molecule has 0 aliphatic carbocycles. The summed E-state index contributed by atoms with van der Waals surface area (Å²) in [5.74, 6) is -1.39. The van der Waals surface area contributed by atoms with E-state index < -0.39 is 17.2 Å². The van der Waals surface area contributed by atoms with Gasteiger partial charge in [0.1, 0.15) is 11.6 Å². The lowest BCUT2D eigenvalue weighted by Gasteiger charge is -2.17. The van der Waals surface area contributed by atoms with Gasteiger partial charge in [0.2, 0.25) is 5.75 Å². The average molecular weight is 376 g/mol. The summed E-state index contributed by atoms with van der Waals surface area (Å²) in [6.07, 6.45) is 0. The number of rotatable bonds is 4. The van der Waals surface area contributed by atoms with Gasteiger partial charge in [-0.15, -0.1) is 0 Å². The number of benzene rings is 1. The maximum absolute atomic E-state index is 13.3. The van der Waals surface area contributed by atoms with Crippen molar-refractivity contribution in [2.45, 2.75) is 26.1 Å². The first-order valence-electron chi connectivity index (χ1n) is 8.54.